The Kier molecular flexibility index (Phi) is 4.61. The molecule has 1 atom stereocenters. The molecule has 0 saturated carbocycles. The molecular weight excluding hydrogens is 329 g/mol. The molecule has 2 aromatic carbocycles. The quantitative estimate of drug-likeness (QED) is 0.852. The Morgan fingerprint density at radius 2 is 1.95 bits per heavy atom. The molecule has 1 nitrogen and oxygen atoms in total. The summed E-state index contributed by atoms with van der Waals surface area (Å²) in [5, 5.41) is 0.135. The molecule has 4 heteroatoms. The maximum atomic E-state index is 13.9. The Labute approximate surface area is 125 Å². The monoisotopic (exact) mass is 341 g/mol. The van der Waals surface area contributed by atoms with Crippen LogP contribution in [0.3, 0.4) is 0 Å². The maximum Gasteiger partial charge on any atom is 0.145 e. The molecule has 0 aliphatic heterocycles. The van der Waals surface area contributed by atoms with Gasteiger partial charge in [0.05, 0.1) is 5.02 Å². The van der Waals surface area contributed by atoms with E-state index in [0.717, 1.165) is 15.6 Å². The molecule has 0 spiro atoms. The average Bonchev–Trinajstić information content (AvgIpc) is 2.38. The fourth-order valence-corrected chi connectivity index (χ4v) is 2.65. The van der Waals surface area contributed by atoms with Crippen molar-refractivity contribution in [2.45, 2.75) is 19.4 Å². The van der Waals surface area contributed by atoms with Gasteiger partial charge in [0.2, 0.25) is 0 Å². The van der Waals surface area contributed by atoms with E-state index in [-0.39, 0.29) is 16.9 Å². The van der Waals surface area contributed by atoms with Crippen LogP contribution < -0.4 is 5.73 Å². The highest BCUT2D eigenvalue weighted by Gasteiger charge is 2.14. The van der Waals surface area contributed by atoms with Crippen LogP contribution >= 0.6 is 27.5 Å². The lowest BCUT2D eigenvalue weighted by Gasteiger charge is -2.16. The van der Waals surface area contributed by atoms with Crippen molar-refractivity contribution in [3.05, 3.63) is 68.4 Å². The molecule has 0 radical (unpaired) electrons. The molecule has 2 aromatic rings. The summed E-state index contributed by atoms with van der Waals surface area (Å²) >= 11 is 9.25. The van der Waals surface area contributed by atoms with Crippen LogP contribution in [-0.4, -0.2) is 0 Å². The third-order valence-electron chi connectivity index (χ3n) is 3.18. The second-order valence-corrected chi connectivity index (χ2v) is 5.74. The van der Waals surface area contributed by atoms with Crippen molar-refractivity contribution in [1.82, 2.24) is 0 Å². The van der Waals surface area contributed by atoms with Crippen LogP contribution in [0.25, 0.3) is 0 Å². The summed E-state index contributed by atoms with van der Waals surface area (Å²) in [5.41, 5.74) is 8.82. The number of nitrogens with two attached hydrogens (primary N) is 1. The van der Waals surface area contributed by atoms with Crippen molar-refractivity contribution in [2.24, 2.45) is 5.73 Å². The molecule has 100 valence electrons. The number of hydrogen-bond donors (Lipinski definition) is 1. The van der Waals surface area contributed by atoms with Crippen LogP contribution in [0.2, 0.25) is 5.02 Å². The summed E-state index contributed by atoms with van der Waals surface area (Å²) in [7, 11) is 0. The molecule has 0 aliphatic carbocycles. The lowest BCUT2D eigenvalue weighted by atomic mass is 9.96. The minimum atomic E-state index is -0.382. The van der Waals surface area contributed by atoms with Crippen LogP contribution in [0, 0.1) is 12.7 Å². The van der Waals surface area contributed by atoms with Crippen LogP contribution in [0.15, 0.2) is 40.9 Å². The van der Waals surface area contributed by atoms with Crippen molar-refractivity contribution in [2.75, 3.05) is 0 Å². The maximum absolute atomic E-state index is 13.9. The smallest absolute Gasteiger partial charge is 0.145 e. The van der Waals surface area contributed by atoms with E-state index in [0.29, 0.717) is 12.0 Å². The fraction of sp³-hybridized carbons (Fsp3) is 0.200. The highest BCUT2D eigenvalue weighted by molar-refractivity contribution is 9.10. The van der Waals surface area contributed by atoms with Crippen molar-refractivity contribution >= 4 is 27.5 Å². The summed E-state index contributed by atoms with van der Waals surface area (Å²) in [4.78, 5) is 0. The number of rotatable bonds is 3. The van der Waals surface area contributed by atoms with Gasteiger partial charge in [-0.1, -0.05) is 51.8 Å². The molecule has 0 fully saturated rings. The van der Waals surface area contributed by atoms with Crippen molar-refractivity contribution in [3.8, 4) is 0 Å². The molecule has 0 heterocycles. The van der Waals surface area contributed by atoms with Gasteiger partial charge in [0.25, 0.3) is 0 Å². The summed E-state index contributed by atoms with van der Waals surface area (Å²) in [6, 6.07) is 10.6. The molecule has 1 unspecified atom stereocenters. The number of benzene rings is 2. The third kappa shape index (κ3) is 3.16. The van der Waals surface area contributed by atoms with Crippen LogP contribution in [0.5, 0.6) is 0 Å². The number of hydrogen-bond acceptors (Lipinski definition) is 1. The predicted octanol–water partition coefficient (Wildman–Crippen LogP) is 4.79. The summed E-state index contributed by atoms with van der Waals surface area (Å²) in [6.45, 7) is 1.99. The molecule has 0 aromatic heterocycles. The van der Waals surface area contributed by atoms with Crippen molar-refractivity contribution < 1.29 is 4.39 Å². The van der Waals surface area contributed by atoms with Gasteiger partial charge < -0.3 is 5.73 Å². The molecule has 2 N–H and O–H groups in total. The second kappa shape index (κ2) is 6.04. The van der Waals surface area contributed by atoms with Gasteiger partial charge in [0.15, 0.2) is 0 Å². The SMILES string of the molecule is Cc1c(Br)cccc1C(N)Cc1cccc(Cl)c1F. The summed E-state index contributed by atoms with van der Waals surface area (Å²) in [5.74, 6) is -0.382. The van der Waals surface area contributed by atoms with E-state index in [2.05, 4.69) is 15.9 Å². The molecule has 2 rings (SSSR count). The Balaban J connectivity index is 2.28. The lowest BCUT2D eigenvalue weighted by Crippen LogP contribution is -2.15. The minimum Gasteiger partial charge on any atom is -0.324 e. The normalized spacial score (nSPS) is 12.5. The van der Waals surface area contributed by atoms with E-state index in [4.69, 9.17) is 17.3 Å². The first kappa shape index (κ1) is 14.5. The van der Waals surface area contributed by atoms with Gasteiger partial charge in [-0.25, -0.2) is 4.39 Å². The molecule has 0 aliphatic rings. The van der Waals surface area contributed by atoms with Crippen LogP contribution in [0.4, 0.5) is 4.39 Å². The highest BCUT2D eigenvalue weighted by atomic mass is 79.9. The molecule has 0 saturated heterocycles. The van der Waals surface area contributed by atoms with E-state index < -0.39 is 0 Å². The van der Waals surface area contributed by atoms with E-state index >= 15 is 0 Å². The van der Waals surface area contributed by atoms with Gasteiger partial charge in [0, 0.05) is 10.5 Å². The fourth-order valence-electron chi connectivity index (χ4n) is 2.08. The standard InChI is InChI=1S/C15H14BrClFN/c1-9-11(5-3-6-12(9)16)14(19)8-10-4-2-7-13(17)15(10)18/h2-7,14H,8,19H2,1H3. The Hall–Kier alpha value is -0.900. The van der Waals surface area contributed by atoms with Crippen LogP contribution in [0.1, 0.15) is 22.7 Å². The molecule has 0 amide bonds. The minimum absolute atomic E-state index is 0.135. The number of halogens is 3. The van der Waals surface area contributed by atoms with Gasteiger partial charge in [-0.2, -0.15) is 0 Å². The zero-order valence-corrected chi connectivity index (χ0v) is 12.8. The van der Waals surface area contributed by atoms with E-state index in [1.165, 1.54) is 6.07 Å². The molecular formula is C15H14BrClFN. The van der Waals surface area contributed by atoms with Gasteiger partial charge in [0.1, 0.15) is 5.82 Å². The van der Waals surface area contributed by atoms with E-state index in [1.807, 2.05) is 25.1 Å². The third-order valence-corrected chi connectivity index (χ3v) is 4.33. The predicted molar refractivity (Wildman–Crippen MR) is 80.9 cm³/mol. The molecule has 19 heavy (non-hydrogen) atoms. The van der Waals surface area contributed by atoms with Crippen LogP contribution in [-0.2, 0) is 6.42 Å². The second-order valence-electron chi connectivity index (χ2n) is 4.48. The Morgan fingerprint density at radius 3 is 2.68 bits per heavy atom. The van der Waals surface area contributed by atoms with E-state index in [9.17, 15) is 4.39 Å². The zero-order valence-electron chi connectivity index (χ0n) is 10.5. The average molecular weight is 343 g/mol. The van der Waals surface area contributed by atoms with Crippen molar-refractivity contribution in [3.63, 3.8) is 0 Å². The van der Waals surface area contributed by atoms with E-state index in [1.54, 1.807) is 12.1 Å². The van der Waals surface area contributed by atoms with Gasteiger partial charge in [-0.3, -0.25) is 0 Å². The summed E-state index contributed by atoms with van der Waals surface area (Å²) < 4.78 is 14.9. The Morgan fingerprint density at radius 1 is 1.26 bits per heavy atom. The van der Waals surface area contributed by atoms with Gasteiger partial charge in [-0.05, 0) is 42.2 Å². The highest BCUT2D eigenvalue weighted by Crippen LogP contribution is 2.27. The largest absolute Gasteiger partial charge is 0.324 e. The van der Waals surface area contributed by atoms with Gasteiger partial charge >= 0.3 is 0 Å². The Bertz CT molecular complexity index is 601. The first-order chi connectivity index (χ1) is 9.00. The first-order valence-electron chi connectivity index (χ1n) is 5.94. The lowest BCUT2D eigenvalue weighted by molar-refractivity contribution is 0.593. The molecule has 0 bridgehead atoms. The summed E-state index contributed by atoms with van der Waals surface area (Å²) in [6.07, 6.45) is 0.420. The first-order valence-corrected chi connectivity index (χ1v) is 7.11. The van der Waals surface area contributed by atoms with Gasteiger partial charge in [-0.15, -0.1) is 0 Å². The zero-order chi connectivity index (χ0) is 14.0. The topological polar surface area (TPSA) is 26.0 Å². The van der Waals surface area contributed by atoms with Crippen molar-refractivity contribution in [1.29, 1.82) is 0 Å².